The van der Waals surface area contributed by atoms with Crippen molar-refractivity contribution in [1.82, 2.24) is 0 Å². The van der Waals surface area contributed by atoms with Crippen LogP contribution >= 0.6 is 11.3 Å². The minimum atomic E-state index is -1.26. The van der Waals surface area contributed by atoms with E-state index in [0.29, 0.717) is 10.6 Å². The van der Waals surface area contributed by atoms with Gasteiger partial charge in [-0.05, 0) is 25.8 Å². The molecule has 0 aliphatic carbocycles. The number of aryl methyl sites for hydroxylation is 1. The van der Waals surface area contributed by atoms with Crippen LogP contribution < -0.4 is 10.4 Å². The average molecular weight is 251 g/mol. The van der Waals surface area contributed by atoms with Gasteiger partial charge in [-0.25, -0.2) is 0 Å². The van der Waals surface area contributed by atoms with Crippen molar-refractivity contribution in [1.29, 1.82) is 5.26 Å². The number of nitriles is 1. The minimum Gasteiger partial charge on any atom is -0.550 e. The molecule has 1 heterocycles. The fourth-order valence-electron chi connectivity index (χ4n) is 1.25. The molecule has 0 bridgehead atoms. The Balaban J connectivity index is 2.76. The minimum absolute atomic E-state index is 0.150. The van der Waals surface area contributed by atoms with Gasteiger partial charge >= 0.3 is 0 Å². The standard InChI is InChI=1S/C11H12N2O3S/c1-6-7(2)17-11(8(6)5-12)13-9(14)3-4-10(15)16/h3-4H2,1-2H3,(H,13,14)(H,15,16)/p-1. The number of thiophene rings is 1. The van der Waals surface area contributed by atoms with Crippen LogP contribution in [0.1, 0.15) is 28.8 Å². The molecule has 6 heteroatoms. The van der Waals surface area contributed by atoms with Crippen molar-refractivity contribution in [2.45, 2.75) is 26.7 Å². The summed E-state index contributed by atoms with van der Waals surface area (Å²) >= 11 is 1.31. The Morgan fingerprint density at radius 3 is 2.59 bits per heavy atom. The van der Waals surface area contributed by atoms with Gasteiger partial charge < -0.3 is 15.2 Å². The lowest BCUT2D eigenvalue weighted by Crippen LogP contribution is -2.24. The summed E-state index contributed by atoms with van der Waals surface area (Å²) in [5.41, 5.74) is 1.28. The number of hydrogen-bond donors (Lipinski definition) is 1. The highest BCUT2D eigenvalue weighted by Crippen LogP contribution is 2.31. The first-order chi connectivity index (χ1) is 7.95. The number of nitrogens with one attached hydrogen (secondary N) is 1. The summed E-state index contributed by atoms with van der Waals surface area (Å²) in [7, 11) is 0. The molecular formula is C11H11N2O3S-. The molecule has 0 fully saturated rings. The largest absolute Gasteiger partial charge is 0.550 e. The predicted molar refractivity (Wildman–Crippen MR) is 61.4 cm³/mol. The smallest absolute Gasteiger partial charge is 0.225 e. The van der Waals surface area contributed by atoms with Crippen molar-refractivity contribution in [3.63, 3.8) is 0 Å². The third-order valence-electron chi connectivity index (χ3n) is 2.31. The van der Waals surface area contributed by atoms with E-state index in [2.05, 4.69) is 5.32 Å². The SMILES string of the molecule is Cc1sc(NC(=O)CCC(=O)[O-])c(C#N)c1C. The number of carboxylic acid groups (broad SMARTS) is 1. The number of rotatable bonds is 4. The lowest BCUT2D eigenvalue weighted by atomic mass is 10.2. The quantitative estimate of drug-likeness (QED) is 0.852. The van der Waals surface area contributed by atoms with E-state index in [4.69, 9.17) is 5.26 Å². The molecule has 0 aliphatic rings. The van der Waals surface area contributed by atoms with E-state index in [1.807, 2.05) is 13.0 Å². The maximum absolute atomic E-state index is 11.4. The Kier molecular flexibility index (Phi) is 4.24. The number of aliphatic carboxylic acids is 1. The van der Waals surface area contributed by atoms with Crippen LogP contribution in [0.3, 0.4) is 0 Å². The normalized spacial score (nSPS) is 9.71. The van der Waals surface area contributed by atoms with Crippen molar-refractivity contribution >= 4 is 28.2 Å². The van der Waals surface area contributed by atoms with Gasteiger partial charge in [0.1, 0.15) is 11.1 Å². The predicted octanol–water partition coefficient (Wildman–Crippen LogP) is 0.705. The third kappa shape index (κ3) is 3.29. The second-order valence-electron chi connectivity index (χ2n) is 3.52. The van der Waals surface area contributed by atoms with Gasteiger partial charge in [0.2, 0.25) is 5.91 Å². The van der Waals surface area contributed by atoms with Gasteiger partial charge in [0.25, 0.3) is 0 Å². The fourth-order valence-corrected chi connectivity index (χ4v) is 2.28. The number of hydrogen-bond acceptors (Lipinski definition) is 5. The van der Waals surface area contributed by atoms with Crippen LogP contribution in [0, 0.1) is 25.2 Å². The summed E-state index contributed by atoms with van der Waals surface area (Å²) in [6.07, 6.45) is -0.472. The van der Waals surface area contributed by atoms with Crippen LogP contribution in [0.15, 0.2) is 0 Å². The van der Waals surface area contributed by atoms with E-state index in [1.54, 1.807) is 6.92 Å². The Bertz CT molecular complexity index is 500. The van der Waals surface area contributed by atoms with Gasteiger partial charge in [-0.2, -0.15) is 5.26 Å². The van der Waals surface area contributed by atoms with Gasteiger partial charge in [0, 0.05) is 17.3 Å². The highest BCUT2D eigenvalue weighted by atomic mass is 32.1. The molecule has 0 saturated carbocycles. The van der Waals surface area contributed by atoms with Gasteiger partial charge in [0.05, 0.1) is 5.56 Å². The Labute approximate surface area is 103 Å². The molecule has 0 aliphatic heterocycles. The first kappa shape index (κ1) is 13.2. The molecule has 0 saturated heterocycles. The zero-order valence-corrected chi connectivity index (χ0v) is 10.3. The highest BCUT2D eigenvalue weighted by Gasteiger charge is 2.14. The number of carbonyl (C=O) groups excluding carboxylic acids is 2. The zero-order chi connectivity index (χ0) is 13.0. The van der Waals surface area contributed by atoms with Gasteiger partial charge in [-0.1, -0.05) is 0 Å². The second kappa shape index (κ2) is 5.46. The average Bonchev–Trinajstić information content (AvgIpc) is 2.51. The zero-order valence-electron chi connectivity index (χ0n) is 9.49. The maximum atomic E-state index is 11.4. The molecule has 1 N–H and O–H groups in total. The van der Waals surface area contributed by atoms with E-state index in [1.165, 1.54) is 11.3 Å². The van der Waals surface area contributed by atoms with Crippen molar-refractivity contribution in [2.75, 3.05) is 5.32 Å². The molecule has 17 heavy (non-hydrogen) atoms. The fraction of sp³-hybridized carbons (Fsp3) is 0.364. The number of carboxylic acids is 1. The van der Waals surface area contributed by atoms with E-state index < -0.39 is 11.9 Å². The Morgan fingerprint density at radius 1 is 1.41 bits per heavy atom. The lowest BCUT2D eigenvalue weighted by molar-refractivity contribution is -0.305. The van der Waals surface area contributed by atoms with Gasteiger partial charge in [-0.15, -0.1) is 11.3 Å². The van der Waals surface area contributed by atoms with Crippen LogP contribution in [0.2, 0.25) is 0 Å². The van der Waals surface area contributed by atoms with Crippen molar-refractivity contribution in [2.24, 2.45) is 0 Å². The summed E-state index contributed by atoms with van der Waals surface area (Å²) in [5, 5.41) is 22.2. The molecule has 1 rings (SSSR count). The van der Waals surface area contributed by atoms with Gasteiger partial charge in [-0.3, -0.25) is 4.79 Å². The van der Waals surface area contributed by atoms with E-state index >= 15 is 0 Å². The van der Waals surface area contributed by atoms with Crippen LogP contribution in [0.4, 0.5) is 5.00 Å². The number of anilines is 1. The number of nitrogens with zero attached hydrogens (tertiary/aromatic N) is 1. The Morgan fingerprint density at radius 2 is 2.06 bits per heavy atom. The second-order valence-corrected chi connectivity index (χ2v) is 4.74. The molecular weight excluding hydrogens is 240 g/mol. The first-order valence-corrected chi connectivity index (χ1v) is 5.77. The molecule has 0 aromatic carbocycles. The number of carbonyl (C=O) groups is 2. The molecule has 0 atom stereocenters. The molecule has 1 amide bonds. The molecule has 1 aromatic rings. The van der Waals surface area contributed by atoms with Crippen molar-refractivity contribution in [3.05, 3.63) is 16.0 Å². The summed E-state index contributed by atoms with van der Waals surface area (Å²) in [6.45, 7) is 3.67. The van der Waals surface area contributed by atoms with Crippen LogP contribution in [-0.2, 0) is 9.59 Å². The monoisotopic (exact) mass is 251 g/mol. The van der Waals surface area contributed by atoms with Crippen molar-refractivity contribution in [3.8, 4) is 6.07 Å². The van der Waals surface area contributed by atoms with Crippen molar-refractivity contribution < 1.29 is 14.7 Å². The van der Waals surface area contributed by atoms with E-state index in [-0.39, 0.29) is 12.8 Å². The molecule has 1 aromatic heterocycles. The lowest BCUT2D eigenvalue weighted by Gasteiger charge is -2.03. The number of amides is 1. The van der Waals surface area contributed by atoms with E-state index in [0.717, 1.165) is 10.4 Å². The van der Waals surface area contributed by atoms with Crippen LogP contribution in [0.25, 0.3) is 0 Å². The maximum Gasteiger partial charge on any atom is 0.225 e. The highest BCUT2D eigenvalue weighted by molar-refractivity contribution is 7.16. The summed E-state index contributed by atoms with van der Waals surface area (Å²) in [6, 6.07) is 2.02. The third-order valence-corrected chi connectivity index (χ3v) is 3.43. The topological polar surface area (TPSA) is 93.0 Å². The van der Waals surface area contributed by atoms with Gasteiger partial charge in [0.15, 0.2) is 0 Å². The Hall–Kier alpha value is -1.87. The molecule has 90 valence electrons. The molecule has 0 radical (unpaired) electrons. The molecule has 0 spiro atoms. The summed E-state index contributed by atoms with van der Waals surface area (Å²) < 4.78 is 0. The van der Waals surface area contributed by atoms with Crippen LogP contribution in [-0.4, -0.2) is 11.9 Å². The van der Waals surface area contributed by atoms with E-state index in [9.17, 15) is 14.7 Å². The molecule has 0 unspecified atom stereocenters. The summed E-state index contributed by atoms with van der Waals surface area (Å²) in [5.74, 6) is -1.69. The summed E-state index contributed by atoms with van der Waals surface area (Å²) in [4.78, 5) is 22.6. The van der Waals surface area contributed by atoms with Crippen LogP contribution in [0.5, 0.6) is 0 Å². The molecule has 5 nitrogen and oxygen atoms in total. The first-order valence-electron chi connectivity index (χ1n) is 4.95.